The van der Waals surface area contributed by atoms with Crippen LogP contribution in [0, 0.1) is 0 Å². The quantitative estimate of drug-likeness (QED) is 0.0863. The van der Waals surface area contributed by atoms with Crippen LogP contribution in [0.1, 0.15) is 166 Å². The minimum atomic E-state index is -2.02. The molecule has 0 fully saturated rings. The maximum atomic E-state index is 10.3. The van der Waals surface area contributed by atoms with E-state index in [1.54, 1.807) is 0 Å². The molecule has 2 N–H and O–H groups in total. The SMILES string of the molecule is CC(C)=CCC/C(C)=C/CC/C(C)=C/CC/C(C)=C/CC(C)(C/C=C(\C)CC/C=C(\C)CC/C=C(\C)CCC=C(C)C)P(O)O. The van der Waals surface area contributed by atoms with Crippen molar-refractivity contribution in [2.24, 2.45) is 0 Å². The average Bonchev–Trinajstić information content (AvgIpc) is 2.94. The van der Waals surface area contributed by atoms with Gasteiger partial charge in [-0.1, -0.05) is 100 Å². The van der Waals surface area contributed by atoms with Crippen LogP contribution in [0.25, 0.3) is 0 Å². The monoisotopic (exact) mass is 639 g/mol. The Labute approximate surface area is 281 Å². The molecule has 2 nitrogen and oxygen atoms in total. The summed E-state index contributed by atoms with van der Waals surface area (Å²) in [5.41, 5.74) is 11.3. The van der Waals surface area contributed by atoms with E-state index in [0.29, 0.717) is 12.8 Å². The zero-order valence-corrected chi connectivity index (χ0v) is 32.3. The van der Waals surface area contributed by atoms with Crippen LogP contribution in [0.3, 0.4) is 0 Å². The molecule has 0 radical (unpaired) electrons. The number of hydrogen-bond donors (Lipinski definition) is 2. The highest BCUT2D eigenvalue weighted by Crippen LogP contribution is 2.47. The molecule has 0 aromatic carbocycles. The lowest BCUT2D eigenvalue weighted by Gasteiger charge is -2.28. The van der Waals surface area contributed by atoms with E-state index < -0.39 is 13.5 Å². The highest BCUT2D eigenvalue weighted by atomic mass is 31.2. The molecule has 0 atom stereocenters. The van der Waals surface area contributed by atoms with Gasteiger partial charge in [-0.3, -0.25) is 0 Å². The lowest BCUT2D eigenvalue weighted by atomic mass is 9.97. The third-order valence-electron chi connectivity index (χ3n) is 8.57. The Morgan fingerprint density at radius 2 is 0.622 bits per heavy atom. The fourth-order valence-corrected chi connectivity index (χ4v) is 5.52. The molecular weight excluding hydrogens is 567 g/mol. The van der Waals surface area contributed by atoms with E-state index in [1.165, 1.54) is 44.6 Å². The van der Waals surface area contributed by atoms with E-state index in [9.17, 15) is 9.79 Å². The largest absolute Gasteiger partial charge is 0.350 e. The second-order valence-electron chi connectivity index (χ2n) is 14.3. The van der Waals surface area contributed by atoms with E-state index >= 15 is 0 Å². The van der Waals surface area contributed by atoms with Gasteiger partial charge >= 0.3 is 0 Å². The molecule has 0 unspecified atom stereocenters. The summed E-state index contributed by atoms with van der Waals surface area (Å²) in [5.74, 6) is 0. The second-order valence-corrected chi connectivity index (χ2v) is 16.0. The molecule has 0 heterocycles. The Kier molecular flexibility index (Phi) is 24.4. The van der Waals surface area contributed by atoms with E-state index in [4.69, 9.17) is 0 Å². The summed E-state index contributed by atoms with van der Waals surface area (Å²) >= 11 is 0. The topological polar surface area (TPSA) is 40.5 Å². The zero-order chi connectivity index (χ0) is 34.3. The van der Waals surface area contributed by atoms with Crippen LogP contribution in [-0.2, 0) is 0 Å². The normalized spacial score (nSPS) is 15.4. The summed E-state index contributed by atoms with van der Waals surface area (Å²) in [7, 11) is -2.02. The Hall–Kier alpha value is -1.73. The van der Waals surface area contributed by atoms with Gasteiger partial charge in [-0.2, -0.15) is 0 Å². The van der Waals surface area contributed by atoms with E-state index in [0.717, 1.165) is 77.0 Å². The molecule has 0 aromatic heterocycles. The third kappa shape index (κ3) is 25.1. The molecular formula is C42H71O2P. The summed E-state index contributed by atoms with van der Waals surface area (Å²) < 4.78 is 0. The lowest BCUT2D eigenvalue weighted by Crippen LogP contribution is -2.20. The van der Waals surface area contributed by atoms with Gasteiger partial charge in [-0.05, 0) is 159 Å². The van der Waals surface area contributed by atoms with E-state index in [2.05, 4.69) is 118 Å². The van der Waals surface area contributed by atoms with Crippen LogP contribution >= 0.6 is 8.38 Å². The van der Waals surface area contributed by atoms with Crippen LogP contribution in [-0.4, -0.2) is 14.9 Å². The molecule has 0 spiro atoms. The lowest BCUT2D eigenvalue weighted by molar-refractivity contribution is 0.425. The first-order valence-electron chi connectivity index (χ1n) is 17.5. The third-order valence-corrected chi connectivity index (χ3v) is 9.90. The standard InChI is InChI=1S/C42H71O2P/c1-34(2)18-12-20-36(5)22-14-24-38(7)26-16-28-40(9)30-32-42(11,45(43)44)33-31-41(10)29-17-27-39(8)25-15-23-37(6)21-13-19-35(3)4/h18-19,22-23,26-27,30-31,43-44H,12-17,20-21,24-25,28-29,32-33H2,1-11H3/b36-22+,37-23+,38-26+,39-27+,40-30+,41-31+. The summed E-state index contributed by atoms with van der Waals surface area (Å²) in [6.45, 7) is 24.0. The van der Waals surface area contributed by atoms with Gasteiger partial charge in [-0.15, -0.1) is 0 Å². The van der Waals surface area contributed by atoms with Crippen LogP contribution in [0.5, 0.6) is 0 Å². The van der Waals surface area contributed by atoms with Gasteiger partial charge < -0.3 is 9.79 Å². The van der Waals surface area contributed by atoms with Crippen molar-refractivity contribution in [1.82, 2.24) is 0 Å². The van der Waals surface area contributed by atoms with Gasteiger partial charge in [-0.25, -0.2) is 0 Å². The van der Waals surface area contributed by atoms with E-state index in [1.807, 2.05) is 6.92 Å². The van der Waals surface area contributed by atoms with E-state index in [-0.39, 0.29) is 0 Å². The van der Waals surface area contributed by atoms with Crippen molar-refractivity contribution in [1.29, 1.82) is 0 Å². The van der Waals surface area contributed by atoms with Crippen molar-refractivity contribution in [3.8, 4) is 0 Å². The molecule has 0 saturated heterocycles. The predicted molar refractivity (Wildman–Crippen MR) is 206 cm³/mol. The fraction of sp³-hybridized carbons (Fsp3) is 0.619. The number of allylic oxidation sites excluding steroid dienone is 16. The predicted octanol–water partition coefficient (Wildman–Crippen LogP) is 14.1. The molecule has 0 rings (SSSR count). The molecule has 0 amide bonds. The highest BCUT2D eigenvalue weighted by Gasteiger charge is 2.30. The molecule has 0 bridgehead atoms. The summed E-state index contributed by atoms with van der Waals surface area (Å²) in [6.07, 6.45) is 33.2. The van der Waals surface area contributed by atoms with Crippen molar-refractivity contribution >= 4 is 8.38 Å². The van der Waals surface area contributed by atoms with Crippen molar-refractivity contribution in [2.75, 3.05) is 0 Å². The molecule has 0 saturated carbocycles. The smallest absolute Gasteiger partial charge is 0.171 e. The fourth-order valence-electron chi connectivity index (χ4n) is 5.01. The minimum absolute atomic E-state index is 0.513. The van der Waals surface area contributed by atoms with Gasteiger partial charge in [0, 0.05) is 5.16 Å². The van der Waals surface area contributed by atoms with Crippen LogP contribution < -0.4 is 0 Å². The van der Waals surface area contributed by atoms with Crippen molar-refractivity contribution in [3.63, 3.8) is 0 Å². The van der Waals surface area contributed by atoms with Crippen LogP contribution in [0.4, 0.5) is 0 Å². The summed E-state index contributed by atoms with van der Waals surface area (Å²) in [4.78, 5) is 20.6. The summed E-state index contributed by atoms with van der Waals surface area (Å²) in [6, 6.07) is 0. The molecule has 0 aliphatic heterocycles. The maximum Gasteiger partial charge on any atom is 0.171 e. The van der Waals surface area contributed by atoms with Crippen molar-refractivity contribution in [3.05, 3.63) is 93.2 Å². The minimum Gasteiger partial charge on any atom is -0.350 e. The first kappa shape index (κ1) is 43.3. The Morgan fingerprint density at radius 3 is 0.844 bits per heavy atom. The van der Waals surface area contributed by atoms with Crippen LogP contribution in [0.15, 0.2) is 93.2 Å². The molecule has 256 valence electrons. The number of hydrogen-bond acceptors (Lipinski definition) is 2. The molecule has 0 aliphatic carbocycles. The highest BCUT2D eigenvalue weighted by molar-refractivity contribution is 7.47. The average molecular weight is 639 g/mol. The Morgan fingerprint density at radius 1 is 0.400 bits per heavy atom. The maximum absolute atomic E-state index is 10.3. The van der Waals surface area contributed by atoms with Crippen molar-refractivity contribution in [2.45, 2.75) is 171 Å². The second kappa shape index (κ2) is 25.4. The van der Waals surface area contributed by atoms with Crippen LogP contribution in [0.2, 0.25) is 0 Å². The zero-order valence-electron chi connectivity index (χ0n) is 31.4. The molecule has 3 heteroatoms. The van der Waals surface area contributed by atoms with Gasteiger partial charge in [0.05, 0.1) is 0 Å². The van der Waals surface area contributed by atoms with Gasteiger partial charge in [0.2, 0.25) is 0 Å². The van der Waals surface area contributed by atoms with Gasteiger partial charge in [0.15, 0.2) is 8.38 Å². The Balaban J connectivity index is 4.68. The summed E-state index contributed by atoms with van der Waals surface area (Å²) in [5, 5.41) is -0.513. The first-order chi connectivity index (χ1) is 21.1. The van der Waals surface area contributed by atoms with Crippen molar-refractivity contribution < 1.29 is 9.79 Å². The molecule has 0 aliphatic rings. The first-order valence-corrected chi connectivity index (χ1v) is 18.8. The van der Waals surface area contributed by atoms with Gasteiger partial charge in [0.25, 0.3) is 0 Å². The number of rotatable bonds is 23. The molecule has 45 heavy (non-hydrogen) atoms. The molecule has 0 aromatic rings. The Bertz CT molecular complexity index is 1000. The van der Waals surface area contributed by atoms with Gasteiger partial charge in [0.1, 0.15) is 0 Å².